The van der Waals surface area contributed by atoms with Gasteiger partial charge >= 0.3 is 0 Å². The maximum atomic E-state index is 9.21. The van der Waals surface area contributed by atoms with Crippen molar-refractivity contribution in [2.45, 2.75) is 32.7 Å². The number of hydrogen-bond acceptors (Lipinski definition) is 5. The van der Waals surface area contributed by atoms with Gasteiger partial charge in [-0.05, 0) is 78.4 Å². The molecule has 1 aliphatic rings. The Kier molecular flexibility index (Phi) is 10.4. The number of ether oxygens (including phenoxy) is 2. The summed E-state index contributed by atoms with van der Waals surface area (Å²) in [5, 5.41) is 10.5. The lowest BCUT2D eigenvalue weighted by Crippen LogP contribution is -2.47. The van der Waals surface area contributed by atoms with Crippen LogP contribution < -0.4 is 9.47 Å². The lowest BCUT2D eigenvalue weighted by molar-refractivity contribution is 0.111. The van der Waals surface area contributed by atoms with Gasteiger partial charge in [-0.1, -0.05) is 49.4 Å². The van der Waals surface area contributed by atoms with Gasteiger partial charge in [0.15, 0.2) is 0 Å². The van der Waals surface area contributed by atoms with Crippen LogP contribution in [0.15, 0.2) is 79.0 Å². The van der Waals surface area contributed by atoms with Crippen molar-refractivity contribution in [3.05, 3.63) is 95.7 Å². The third kappa shape index (κ3) is 6.89. The molecule has 4 aromatic rings. The third-order valence-corrected chi connectivity index (χ3v) is 8.53. The molecule has 0 atom stereocenters. The Hall–Kier alpha value is -3.58. The van der Waals surface area contributed by atoms with Crippen LogP contribution in [0.3, 0.4) is 0 Å². The lowest BCUT2D eigenvalue weighted by atomic mass is 9.88. The number of aliphatic hydroxyl groups excluding tert-OH is 1. The molecule has 1 aliphatic heterocycles. The van der Waals surface area contributed by atoms with Gasteiger partial charge in [-0.15, -0.1) is 0 Å². The van der Waals surface area contributed by atoms with Gasteiger partial charge in [0.1, 0.15) is 11.5 Å². The zero-order valence-corrected chi connectivity index (χ0v) is 25.4. The number of para-hydroxylation sites is 1. The molecule has 42 heavy (non-hydrogen) atoms. The molecular formula is C36H45N3O3. The van der Waals surface area contributed by atoms with Gasteiger partial charge in [-0.2, -0.15) is 0 Å². The summed E-state index contributed by atoms with van der Waals surface area (Å²) in [6, 6.07) is 25.7. The Bertz CT molecular complexity index is 1400. The number of nitrogens with zero attached hydrogens (tertiary/aromatic N) is 3. The van der Waals surface area contributed by atoms with Crippen molar-refractivity contribution in [2.24, 2.45) is 0 Å². The normalized spacial score (nSPS) is 14.3. The van der Waals surface area contributed by atoms with E-state index in [0.29, 0.717) is 0 Å². The number of fused-ring (bicyclic) bond motifs is 1. The Balaban J connectivity index is 1.43. The minimum atomic E-state index is 0.253. The standard InChI is InChI=1S/C36H45N3O3/c1-4-32(36(28-11-15-30(41-2)16-12-28)29-13-17-31(42-3)18-14-29)34-27-39(35-10-6-5-9-33(34)35)20-8-7-19-37-21-23-38(24-22-37)25-26-40/h5-6,9-18,27,40H,4,7-8,19-26H2,1-3H3. The van der Waals surface area contributed by atoms with E-state index in [1.807, 2.05) is 24.3 Å². The van der Waals surface area contributed by atoms with Crippen LogP contribution in [0, 0.1) is 0 Å². The van der Waals surface area contributed by atoms with Gasteiger partial charge in [0, 0.05) is 61.9 Å². The Labute approximate surface area is 250 Å². The molecule has 6 nitrogen and oxygen atoms in total. The minimum Gasteiger partial charge on any atom is -0.497 e. The molecule has 222 valence electrons. The van der Waals surface area contributed by atoms with E-state index in [1.165, 1.54) is 45.2 Å². The predicted octanol–water partition coefficient (Wildman–Crippen LogP) is 6.42. The lowest BCUT2D eigenvalue weighted by Gasteiger charge is -2.34. The van der Waals surface area contributed by atoms with Crippen LogP contribution in [-0.2, 0) is 6.54 Å². The number of benzene rings is 3. The van der Waals surface area contributed by atoms with Crippen LogP contribution in [0.25, 0.3) is 22.0 Å². The van der Waals surface area contributed by atoms with Crippen LogP contribution in [0.2, 0.25) is 0 Å². The van der Waals surface area contributed by atoms with Gasteiger partial charge in [0.2, 0.25) is 0 Å². The highest BCUT2D eigenvalue weighted by atomic mass is 16.5. The number of methoxy groups -OCH3 is 2. The van der Waals surface area contributed by atoms with Crippen LogP contribution in [0.5, 0.6) is 11.5 Å². The topological polar surface area (TPSA) is 50.1 Å². The van der Waals surface area contributed by atoms with Crippen molar-refractivity contribution in [3.63, 3.8) is 0 Å². The summed E-state index contributed by atoms with van der Waals surface area (Å²) in [5.74, 6) is 1.71. The van der Waals surface area contributed by atoms with Crippen LogP contribution in [0.1, 0.15) is 42.9 Å². The molecule has 5 rings (SSSR count). The maximum Gasteiger partial charge on any atom is 0.118 e. The van der Waals surface area contributed by atoms with E-state index in [2.05, 4.69) is 76.0 Å². The number of β-amino-alcohol motifs (C(OH)–C–C–N with tert-alkyl or cyclic N) is 1. The molecule has 0 radical (unpaired) electrons. The fourth-order valence-corrected chi connectivity index (χ4v) is 6.20. The summed E-state index contributed by atoms with van der Waals surface area (Å²) >= 11 is 0. The van der Waals surface area contributed by atoms with Crippen LogP contribution >= 0.6 is 0 Å². The molecule has 0 spiro atoms. The number of aliphatic hydroxyl groups is 1. The van der Waals surface area contributed by atoms with E-state index < -0.39 is 0 Å². The largest absolute Gasteiger partial charge is 0.497 e. The van der Waals surface area contributed by atoms with Gasteiger partial charge in [-0.25, -0.2) is 0 Å². The molecule has 0 aliphatic carbocycles. The number of hydrogen-bond donors (Lipinski definition) is 1. The van der Waals surface area contributed by atoms with Crippen molar-refractivity contribution in [1.29, 1.82) is 0 Å². The van der Waals surface area contributed by atoms with E-state index in [4.69, 9.17) is 9.47 Å². The molecule has 6 heteroatoms. The van der Waals surface area contributed by atoms with Crippen molar-refractivity contribution < 1.29 is 14.6 Å². The first-order chi connectivity index (χ1) is 20.6. The van der Waals surface area contributed by atoms with Gasteiger partial charge in [0.05, 0.1) is 20.8 Å². The zero-order chi connectivity index (χ0) is 29.3. The Morgan fingerprint density at radius 2 is 1.26 bits per heavy atom. The number of rotatable bonds is 13. The smallest absolute Gasteiger partial charge is 0.118 e. The molecule has 0 saturated carbocycles. The van der Waals surface area contributed by atoms with Crippen LogP contribution in [0.4, 0.5) is 0 Å². The summed E-state index contributed by atoms with van der Waals surface area (Å²) in [6.07, 6.45) is 5.61. The summed E-state index contributed by atoms with van der Waals surface area (Å²) in [6.45, 7) is 9.76. The van der Waals surface area contributed by atoms with Crippen molar-refractivity contribution >= 4 is 22.0 Å². The molecule has 1 aromatic heterocycles. The summed E-state index contributed by atoms with van der Waals surface area (Å²) in [5.41, 5.74) is 7.52. The van der Waals surface area contributed by atoms with Gasteiger partial charge in [0.25, 0.3) is 0 Å². The zero-order valence-electron chi connectivity index (χ0n) is 25.4. The molecule has 2 heterocycles. The second-order valence-electron chi connectivity index (χ2n) is 11.0. The monoisotopic (exact) mass is 567 g/mol. The molecule has 1 N–H and O–H groups in total. The summed E-state index contributed by atoms with van der Waals surface area (Å²) in [7, 11) is 3.42. The molecule has 0 bridgehead atoms. The van der Waals surface area contributed by atoms with Crippen molar-refractivity contribution in [3.8, 4) is 11.5 Å². The first-order valence-electron chi connectivity index (χ1n) is 15.3. The Morgan fingerprint density at radius 1 is 0.714 bits per heavy atom. The number of piperazine rings is 1. The van der Waals surface area contributed by atoms with Gasteiger partial charge in [-0.3, -0.25) is 4.90 Å². The average Bonchev–Trinajstić information content (AvgIpc) is 3.41. The quantitative estimate of drug-likeness (QED) is 0.189. The fourth-order valence-electron chi connectivity index (χ4n) is 6.20. The highest BCUT2D eigenvalue weighted by Gasteiger charge is 2.19. The molecule has 0 amide bonds. The van der Waals surface area contributed by atoms with E-state index in [0.717, 1.165) is 70.2 Å². The summed E-state index contributed by atoms with van der Waals surface area (Å²) in [4.78, 5) is 4.93. The van der Waals surface area contributed by atoms with E-state index in [1.54, 1.807) is 14.2 Å². The number of allylic oxidation sites excluding steroid dienone is 1. The molecule has 1 saturated heterocycles. The molecule has 3 aromatic carbocycles. The fraction of sp³-hybridized carbons (Fsp3) is 0.389. The number of aryl methyl sites for hydroxylation is 1. The third-order valence-electron chi connectivity index (χ3n) is 8.53. The highest BCUT2D eigenvalue weighted by molar-refractivity contribution is 6.05. The van der Waals surface area contributed by atoms with Gasteiger partial charge < -0.3 is 24.0 Å². The first kappa shape index (κ1) is 29.9. The predicted molar refractivity (Wildman–Crippen MR) is 173 cm³/mol. The second-order valence-corrected chi connectivity index (χ2v) is 11.0. The highest BCUT2D eigenvalue weighted by Crippen LogP contribution is 2.39. The molecule has 0 unspecified atom stereocenters. The van der Waals surface area contributed by atoms with E-state index >= 15 is 0 Å². The van der Waals surface area contributed by atoms with E-state index in [9.17, 15) is 5.11 Å². The number of aromatic nitrogens is 1. The average molecular weight is 568 g/mol. The molecule has 1 fully saturated rings. The second kappa shape index (κ2) is 14.5. The first-order valence-corrected chi connectivity index (χ1v) is 15.3. The Morgan fingerprint density at radius 3 is 1.81 bits per heavy atom. The SMILES string of the molecule is CCC(=C(c1ccc(OC)cc1)c1ccc(OC)cc1)c1cn(CCCCN2CCN(CCO)CC2)c2ccccc12. The van der Waals surface area contributed by atoms with Crippen molar-refractivity contribution in [2.75, 3.05) is 60.1 Å². The van der Waals surface area contributed by atoms with Crippen molar-refractivity contribution in [1.82, 2.24) is 14.4 Å². The minimum absolute atomic E-state index is 0.253. The van der Waals surface area contributed by atoms with Crippen LogP contribution in [-0.4, -0.2) is 79.6 Å². The summed E-state index contributed by atoms with van der Waals surface area (Å²) < 4.78 is 13.4. The number of unbranched alkanes of at least 4 members (excludes halogenated alkanes) is 1. The maximum absolute atomic E-state index is 9.21. The molecular weight excluding hydrogens is 522 g/mol. The van der Waals surface area contributed by atoms with E-state index in [-0.39, 0.29) is 6.61 Å².